The summed E-state index contributed by atoms with van der Waals surface area (Å²) in [7, 11) is 3.02. The molecule has 0 spiro atoms. The number of anilines is 2. The number of nitrogens with zero attached hydrogens (tertiary/aromatic N) is 4. The Morgan fingerprint density at radius 2 is 1.74 bits per heavy atom. The quantitative estimate of drug-likeness (QED) is 0.711. The van der Waals surface area contributed by atoms with Crippen LogP contribution in [0, 0.1) is 6.92 Å². The average molecular weight is 423 g/mol. The van der Waals surface area contributed by atoms with E-state index in [0.29, 0.717) is 22.9 Å². The van der Waals surface area contributed by atoms with Crippen molar-refractivity contribution in [2.24, 2.45) is 10.3 Å². The van der Waals surface area contributed by atoms with E-state index in [9.17, 15) is 14.4 Å². The third kappa shape index (κ3) is 3.67. The van der Waals surface area contributed by atoms with Crippen LogP contribution in [0.5, 0.6) is 11.5 Å². The van der Waals surface area contributed by atoms with Crippen molar-refractivity contribution in [1.82, 2.24) is 5.01 Å². The number of hydrogen-bond donors (Lipinski definition) is 1. The number of hydrogen-bond acceptors (Lipinski definition) is 8. The van der Waals surface area contributed by atoms with E-state index in [-0.39, 0.29) is 6.54 Å². The highest BCUT2D eigenvalue weighted by atomic mass is 16.5. The fraction of sp³-hybridized carbons (Fsp3) is 0.286. The summed E-state index contributed by atoms with van der Waals surface area (Å²) in [5, 5.41) is 11.8. The molecule has 0 bridgehead atoms. The number of rotatable bonds is 6. The number of amides is 3. The molecular formula is C21H21N5O5. The Kier molecular flexibility index (Phi) is 5.28. The molecule has 2 atom stereocenters. The van der Waals surface area contributed by atoms with Crippen LogP contribution in [0.2, 0.25) is 0 Å². The first kappa shape index (κ1) is 20.3. The summed E-state index contributed by atoms with van der Waals surface area (Å²) < 4.78 is 10.4. The predicted octanol–water partition coefficient (Wildman–Crippen LogP) is 1.94. The van der Waals surface area contributed by atoms with Gasteiger partial charge in [0.2, 0.25) is 5.91 Å². The number of methoxy groups -OCH3 is 2. The molecule has 10 nitrogen and oxygen atoms in total. The zero-order valence-corrected chi connectivity index (χ0v) is 17.2. The van der Waals surface area contributed by atoms with Crippen molar-refractivity contribution in [2.75, 3.05) is 31.0 Å². The number of aryl methyl sites for hydroxylation is 1. The van der Waals surface area contributed by atoms with E-state index in [2.05, 4.69) is 15.7 Å². The number of imide groups is 1. The van der Waals surface area contributed by atoms with Crippen molar-refractivity contribution in [3.05, 3.63) is 48.0 Å². The van der Waals surface area contributed by atoms with Gasteiger partial charge in [0.25, 0.3) is 11.8 Å². The third-order valence-electron chi connectivity index (χ3n) is 5.12. The molecule has 2 heterocycles. The topological polar surface area (TPSA) is 113 Å². The number of benzene rings is 2. The summed E-state index contributed by atoms with van der Waals surface area (Å²) in [5.74, 6) is -0.330. The monoisotopic (exact) mass is 423 g/mol. The molecule has 2 aliphatic heterocycles. The van der Waals surface area contributed by atoms with Crippen LogP contribution in [0.1, 0.15) is 5.56 Å². The molecule has 160 valence electrons. The standard InChI is InChI=1S/C21H21N5O5/c1-12-4-7-14(8-5-12)26-20(28)18-19(21(26)29)25(24-23-18)11-17(27)22-13-6-9-15(30-2)16(10-13)31-3/h4-10,18-19H,11H2,1-3H3,(H,22,27)/t18-,19-/m0/s1. The first-order chi connectivity index (χ1) is 14.9. The molecule has 0 aliphatic carbocycles. The molecule has 0 aromatic heterocycles. The van der Waals surface area contributed by atoms with Gasteiger partial charge >= 0.3 is 0 Å². The van der Waals surface area contributed by atoms with Crippen LogP contribution in [0.3, 0.4) is 0 Å². The lowest BCUT2D eigenvalue weighted by atomic mass is 10.1. The van der Waals surface area contributed by atoms with Gasteiger partial charge in [-0.05, 0) is 31.2 Å². The maximum Gasteiger partial charge on any atom is 0.263 e. The second-order valence-corrected chi connectivity index (χ2v) is 7.16. The van der Waals surface area contributed by atoms with Crippen LogP contribution in [-0.2, 0) is 14.4 Å². The number of fused-ring (bicyclic) bond motifs is 1. The van der Waals surface area contributed by atoms with E-state index in [1.165, 1.54) is 19.2 Å². The van der Waals surface area contributed by atoms with Gasteiger partial charge < -0.3 is 14.8 Å². The Morgan fingerprint density at radius 1 is 1.03 bits per heavy atom. The molecule has 1 fully saturated rings. The lowest BCUT2D eigenvalue weighted by Crippen LogP contribution is -2.43. The minimum Gasteiger partial charge on any atom is -0.493 e. The number of ether oxygens (including phenoxy) is 2. The van der Waals surface area contributed by atoms with Gasteiger partial charge in [0, 0.05) is 11.8 Å². The van der Waals surface area contributed by atoms with E-state index in [1.54, 1.807) is 30.3 Å². The first-order valence-electron chi connectivity index (χ1n) is 9.56. The SMILES string of the molecule is COc1ccc(NC(=O)CN2N=N[C@@H]3C(=O)N(c4ccc(C)cc4)C(=O)[C@H]32)cc1OC. The van der Waals surface area contributed by atoms with Gasteiger partial charge in [-0.25, -0.2) is 4.90 Å². The molecule has 0 radical (unpaired) electrons. The number of carbonyl (C=O) groups is 3. The predicted molar refractivity (Wildman–Crippen MR) is 111 cm³/mol. The highest BCUT2D eigenvalue weighted by Gasteiger charge is 2.55. The largest absolute Gasteiger partial charge is 0.493 e. The molecule has 4 rings (SSSR count). The maximum atomic E-state index is 13.0. The van der Waals surface area contributed by atoms with Crippen molar-refractivity contribution in [1.29, 1.82) is 0 Å². The maximum absolute atomic E-state index is 13.0. The van der Waals surface area contributed by atoms with Gasteiger partial charge in [0.15, 0.2) is 23.6 Å². The van der Waals surface area contributed by atoms with Crippen molar-refractivity contribution >= 4 is 29.1 Å². The molecule has 31 heavy (non-hydrogen) atoms. The van der Waals surface area contributed by atoms with Crippen molar-refractivity contribution in [2.45, 2.75) is 19.0 Å². The van der Waals surface area contributed by atoms with E-state index >= 15 is 0 Å². The number of nitrogens with one attached hydrogen (secondary N) is 1. The molecule has 10 heteroatoms. The van der Waals surface area contributed by atoms with Crippen LogP contribution in [0.4, 0.5) is 11.4 Å². The van der Waals surface area contributed by atoms with Crippen LogP contribution >= 0.6 is 0 Å². The lowest BCUT2D eigenvalue weighted by molar-refractivity contribution is -0.123. The number of carbonyl (C=O) groups excluding carboxylic acids is 3. The van der Waals surface area contributed by atoms with E-state index in [0.717, 1.165) is 10.5 Å². The van der Waals surface area contributed by atoms with Crippen LogP contribution in [0.25, 0.3) is 0 Å². The summed E-state index contributed by atoms with van der Waals surface area (Å²) >= 11 is 0. The second-order valence-electron chi connectivity index (χ2n) is 7.16. The van der Waals surface area contributed by atoms with Gasteiger partial charge in [-0.15, -0.1) is 0 Å². The smallest absolute Gasteiger partial charge is 0.263 e. The first-order valence-corrected chi connectivity index (χ1v) is 9.56. The Balaban J connectivity index is 1.46. The average Bonchev–Trinajstić information content (AvgIpc) is 3.28. The Bertz CT molecular complexity index is 1070. The summed E-state index contributed by atoms with van der Waals surface area (Å²) in [6, 6.07) is 10.1. The highest BCUT2D eigenvalue weighted by Crippen LogP contribution is 2.32. The molecule has 2 aliphatic rings. The van der Waals surface area contributed by atoms with Gasteiger partial charge in [-0.2, -0.15) is 5.11 Å². The van der Waals surface area contributed by atoms with E-state index in [1.807, 2.05) is 19.1 Å². The molecule has 1 saturated heterocycles. The Labute approximate surface area is 178 Å². The molecule has 2 aromatic rings. The summed E-state index contributed by atoms with van der Waals surface area (Å²) in [6.45, 7) is 1.68. The fourth-order valence-corrected chi connectivity index (χ4v) is 3.56. The van der Waals surface area contributed by atoms with Gasteiger partial charge in [-0.1, -0.05) is 22.9 Å². The zero-order valence-electron chi connectivity index (χ0n) is 17.2. The summed E-state index contributed by atoms with van der Waals surface area (Å²) in [6.07, 6.45) is 0. The fourth-order valence-electron chi connectivity index (χ4n) is 3.56. The molecular weight excluding hydrogens is 402 g/mol. The molecule has 3 amide bonds. The third-order valence-corrected chi connectivity index (χ3v) is 5.12. The Hall–Kier alpha value is -3.95. The van der Waals surface area contributed by atoms with Crippen molar-refractivity contribution in [3.63, 3.8) is 0 Å². The summed E-state index contributed by atoms with van der Waals surface area (Å²) in [4.78, 5) is 39.4. The zero-order chi connectivity index (χ0) is 22.1. The van der Waals surface area contributed by atoms with Gasteiger partial charge in [-0.3, -0.25) is 19.4 Å². The second kappa shape index (κ2) is 8.05. The molecule has 1 N–H and O–H groups in total. The molecule has 2 aromatic carbocycles. The Morgan fingerprint density at radius 3 is 2.42 bits per heavy atom. The van der Waals surface area contributed by atoms with E-state index < -0.39 is 29.8 Å². The lowest BCUT2D eigenvalue weighted by Gasteiger charge is -2.20. The normalized spacial score (nSPS) is 19.6. The van der Waals surface area contributed by atoms with Crippen LogP contribution < -0.4 is 19.7 Å². The van der Waals surface area contributed by atoms with Gasteiger partial charge in [0.05, 0.1) is 19.9 Å². The van der Waals surface area contributed by atoms with Crippen LogP contribution in [0.15, 0.2) is 52.8 Å². The molecule has 0 saturated carbocycles. The van der Waals surface area contributed by atoms with Crippen LogP contribution in [-0.4, -0.2) is 55.6 Å². The minimum atomic E-state index is -0.956. The van der Waals surface area contributed by atoms with Crippen molar-refractivity contribution < 1.29 is 23.9 Å². The minimum absolute atomic E-state index is 0.236. The summed E-state index contributed by atoms with van der Waals surface area (Å²) in [5.41, 5.74) is 1.97. The highest BCUT2D eigenvalue weighted by molar-refractivity contribution is 6.25. The molecule has 0 unspecified atom stereocenters. The van der Waals surface area contributed by atoms with E-state index in [4.69, 9.17) is 9.47 Å². The van der Waals surface area contributed by atoms with Gasteiger partial charge in [0.1, 0.15) is 6.54 Å². The van der Waals surface area contributed by atoms with Crippen molar-refractivity contribution in [3.8, 4) is 11.5 Å².